The third-order valence-corrected chi connectivity index (χ3v) is 6.86. The van der Waals surface area contributed by atoms with Gasteiger partial charge in [0.25, 0.3) is 5.22 Å². The van der Waals surface area contributed by atoms with Crippen LogP contribution in [0.25, 0.3) is 11.1 Å². The number of aryl methyl sites for hydroxylation is 1. The number of ketones is 1. The van der Waals surface area contributed by atoms with Crippen LogP contribution in [-0.4, -0.2) is 42.8 Å². The zero-order chi connectivity index (χ0) is 19.8. The van der Waals surface area contributed by atoms with Gasteiger partial charge in [-0.15, -0.1) is 0 Å². The molecule has 1 heterocycles. The number of thioether (sulfide) groups is 1. The Balaban J connectivity index is 1.83. The highest BCUT2D eigenvalue weighted by molar-refractivity contribution is 8.00. The van der Waals surface area contributed by atoms with E-state index in [1.54, 1.807) is 25.1 Å². The van der Waals surface area contributed by atoms with Crippen molar-refractivity contribution < 1.29 is 17.6 Å². The Labute approximate surface area is 162 Å². The molecule has 142 valence electrons. The second-order valence-corrected chi connectivity index (χ2v) is 9.83. The van der Waals surface area contributed by atoms with Crippen LogP contribution in [-0.2, 0) is 10.0 Å². The zero-order valence-electron chi connectivity index (χ0n) is 15.5. The zero-order valence-corrected chi connectivity index (χ0v) is 17.1. The fourth-order valence-electron chi connectivity index (χ4n) is 2.47. The molecule has 3 rings (SSSR count). The summed E-state index contributed by atoms with van der Waals surface area (Å²) in [5.41, 5.74) is 2.64. The second kappa shape index (κ2) is 7.46. The summed E-state index contributed by atoms with van der Waals surface area (Å²) in [6, 6.07) is 11.9. The van der Waals surface area contributed by atoms with Crippen molar-refractivity contribution >= 4 is 38.7 Å². The number of sulfonamides is 1. The second-order valence-electron chi connectivity index (χ2n) is 6.39. The van der Waals surface area contributed by atoms with Crippen LogP contribution in [0.4, 0.5) is 0 Å². The molecule has 1 aromatic heterocycles. The number of nitrogens with zero attached hydrogens (tertiary/aromatic N) is 2. The molecule has 27 heavy (non-hydrogen) atoms. The lowest BCUT2D eigenvalue weighted by Crippen LogP contribution is -2.22. The number of fused-ring (bicyclic) bond motifs is 1. The number of benzene rings is 2. The van der Waals surface area contributed by atoms with Gasteiger partial charge in [-0.3, -0.25) is 4.79 Å². The van der Waals surface area contributed by atoms with Crippen LogP contribution in [0.3, 0.4) is 0 Å². The Hall–Kier alpha value is -2.16. The number of carbonyl (C=O) groups is 1. The maximum absolute atomic E-state index is 12.6. The van der Waals surface area contributed by atoms with Gasteiger partial charge in [0, 0.05) is 19.7 Å². The molecule has 8 heteroatoms. The van der Waals surface area contributed by atoms with Crippen molar-refractivity contribution in [1.82, 2.24) is 9.29 Å². The molecule has 0 aliphatic carbocycles. The Morgan fingerprint density at radius 2 is 1.81 bits per heavy atom. The minimum absolute atomic E-state index is 0.0156. The van der Waals surface area contributed by atoms with Crippen molar-refractivity contribution in [2.75, 3.05) is 14.1 Å². The first kappa shape index (κ1) is 19.6. The summed E-state index contributed by atoms with van der Waals surface area (Å²) in [7, 11) is -0.596. The highest BCUT2D eigenvalue weighted by atomic mass is 32.2. The number of hydrogen-bond donors (Lipinski definition) is 0. The van der Waals surface area contributed by atoms with Gasteiger partial charge in [0.1, 0.15) is 5.52 Å². The molecule has 0 saturated heterocycles. The standard InChI is InChI=1S/C19H20N2O4S2/c1-12-5-7-14(8-6-12)18(22)13(2)26-19-20-16-11-15(9-10-17(16)25-19)27(23,24)21(3)4/h5-11,13H,1-4H3/t13-/m1/s1. The van der Waals surface area contributed by atoms with E-state index in [4.69, 9.17) is 4.42 Å². The molecule has 0 radical (unpaired) electrons. The quantitative estimate of drug-likeness (QED) is 0.460. The maximum atomic E-state index is 12.6. The summed E-state index contributed by atoms with van der Waals surface area (Å²) in [5.74, 6) is -0.0156. The molecule has 0 bridgehead atoms. The van der Waals surface area contributed by atoms with E-state index < -0.39 is 10.0 Å². The predicted molar refractivity (Wildman–Crippen MR) is 106 cm³/mol. The molecule has 0 aliphatic heterocycles. The molecule has 1 atom stereocenters. The van der Waals surface area contributed by atoms with Gasteiger partial charge < -0.3 is 4.42 Å². The summed E-state index contributed by atoms with van der Waals surface area (Å²) >= 11 is 1.21. The molecular weight excluding hydrogens is 384 g/mol. The summed E-state index contributed by atoms with van der Waals surface area (Å²) in [4.78, 5) is 17.0. The van der Waals surface area contributed by atoms with Gasteiger partial charge in [-0.05, 0) is 32.0 Å². The number of aromatic nitrogens is 1. The van der Waals surface area contributed by atoms with Gasteiger partial charge in [-0.1, -0.05) is 41.6 Å². The van der Waals surface area contributed by atoms with E-state index in [-0.39, 0.29) is 15.9 Å². The smallest absolute Gasteiger partial charge is 0.257 e. The molecule has 0 saturated carbocycles. The topological polar surface area (TPSA) is 80.5 Å². The van der Waals surface area contributed by atoms with Crippen LogP contribution >= 0.6 is 11.8 Å². The van der Waals surface area contributed by atoms with E-state index in [0.29, 0.717) is 21.9 Å². The van der Waals surface area contributed by atoms with E-state index in [2.05, 4.69) is 4.98 Å². The van der Waals surface area contributed by atoms with Gasteiger partial charge in [0.2, 0.25) is 10.0 Å². The fourth-order valence-corrected chi connectivity index (χ4v) is 4.22. The van der Waals surface area contributed by atoms with Gasteiger partial charge in [-0.2, -0.15) is 0 Å². The van der Waals surface area contributed by atoms with E-state index in [0.717, 1.165) is 9.87 Å². The van der Waals surface area contributed by atoms with Crippen LogP contribution in [0.2, 0.25) is 0 Å². The number of carbonyl (C=O) groups excluding carboxylic acids is 1. The van der Waals surface area contributed by atoms with Crippen molar-refractivity contribution in [2.45, 2.75) is 29.2 Å². The normalized spacial score (nSPS) is 13.2. The number of Topliss-reactive ketones (excluding diaryl/α,β-unsaturated/α-hetero) is 1. The van der Waals surface area contributed by atoms with Crippen LogP contribution in [0.1, 0.15) is 22.8 Å². The summed E-state index contributed by atoms with van der Waals surface area (Å²) in [5, 5.41) is -0.0527. The Bertz CT molecular complexity index is 1090. The molecule has 0 amide bonds. The van der Waals surface area contributed by atoms with E-state index >= 15 is 0 Å². The SMILES string of the molecule is Cc1ccc(C(=O)[C@@H](C)Sc2nc3cc(S(=O)(=O)N(C)C)ccc3o2)cc1. The first-order valence-electron chi connectivity index (χ1n) is 8.29. The lowest BCUT2D eigenvalue weighted by atomic mass is 10.1. The molecule has 0 N–H and O–H groups in total. The average Bonchev–Trinajstić information content (AvgIpc) is 3.02. The monoisotopic (exact) mass is 404 g/mol. The fraction of sp³-hybridized carbons (Fsp3) is 0.263. The molecule has 2 aromatic carbocycles. The van der Waals surface area contributed by atoms with E-state index in [9.17, 15) is 13.2 Å². The highest BCUT2D eigenvalue weighted by Crippen LogP contribution is 2.29. The number of rotatable bonds is 6. The average molecular weight is 405 g/mol. The summed E-state index contributed by atoms with van der Waals surface area (Å²) in [6.07, 6.45) is 0. The van der Waals surface area contributed by atoms with Crippen molar-refractivity contribution in [3.8, 4) is 0 Å². The Morgan fingerprint density at radius 3 is 2.44 bits per heavy atom. The van der Waals surface area contributed by atoms with Gasteiger partial charge in [-0.25, -0.2) is 17.7 Å². The van der Waals surface area contributed by atoms with Gasteiger partial charge >= 0.3 is 0 Å². The first-order valence-corrected chi connectivity index (χ1v) is 10.6. The van der Waals surface area contributed by atoms with E-state index in [1.807, 2.05) is 19.1 Å². The Kier molecular flexibility index (Phi) is 5.41. The number of oxazole rings is 1. The van der Waals surface area contributed by atoms with Gasteiger partial charge in [0.15, 0.2) is 11.4 Å². The van der Waals surface area contributed by atoms with Crippen molar-refractivity contribution in [2.24, 2.45) is 0 Å². The molecule has 0 unspecified atom stereocenters. The van der Waals surface area contributed by atoms with Crippen LogP contribution in [0.15, 0.2) is 57.0 Å². The molecule has 6 nitrogen and oxygen atoms in total. The Morgan fingerprint density at radius 1 is 1.15 bits per heavy atom. The third-order valence-electron chi connectivity index (χ3n) is 4.10. The minimum atomic E-state index is -3.54. The molecule has 0 aliphatic rings. The predicted octanol–water partition coefficient (Wildman–Crippen LogP) is 3.75. The number of hydrogen-bond acceptors (Lipinski definition) is 6. The van der Waals surface area contributed by atoms with Crippen molar-refractivity contribution in [3.63, 3.8) is 0 Å². The molecule has 0 spiro atoms. The highest BCUT2D eigenvalue weighted by Gasteiger charge is 2.21. The largest absolute Gasteiger partial charge is 0.431 e. The van der Waals surface area contributed by atoms with Gasteiger partial charge in [0.05, 0.1) is 10.1 Å². The van der Waals surface area contributed by atoms with Crippen molar-refractivity contribution in [3.05, 3.63) is 53.6 Å². The summed E-state index contributed by atoms with van der Waals surface area (Å²) in [6.45, 7) is 3.76. The third kappa shape index (κ3) is 4.07. The lowest BCUT2D eigenvalue weighted by Gasteiger charge is -2.10. The van der Waals surface area contributed by atoms with Crippen LogP contribution in [0, 0.1) is 6.92 Å². The minimum Gasteiger partial charge on any atom is -0.431 e. The van der Waals surface area contributed by atoms with Crippen LogP contribution in [0.5, 0.6) is 0 Å². The van der Waals surface area contributed by atoms with Crippen molar-refractivity contribution in [1.29, 1.82) is 0 Å². The lowest BCUT2D eigenvalue weighted by molar-refractivity contribution is 0.0993. The first-order chi connectivity index (χ1) is 12.7. The maximum Gasteiger partial charge on any atom is 0.257 e. The van der Waals surface area contributed by atoms with Crippen LogP contribution < -0.4 is 0 Å². The molecular formula is C19H20N2O4S2. The molecule has 3 aromatic rings. The molecule has 0 fully saturated rings. The summed E-state index contributed by atoms with van der Waals surface area (Å²) < 4.78 is 31.3. The van der Waals surface area contributed by atoms with E-state index in [1.165, 1.54) is 38.0 Å².